The fraction of sp³-hybridized carbons (Fsp3) is 0.348. The van der Waals surface area contributed by atoms with E-state index in [1.165, 1.54) is 0 Å². The van der Waals surface area contributed by atoms with Crippen LogP contribution >= 0.6 is 0 Å². The van der Waals surface area contributed by atoms with Crippen LogP contribution in [0.4, 0.5) is 0 Å². The maximum atomic E-state index is 13.1. The van der Waals surface area contributed by atoms with Crippen LogP contribution < -0.4 is 4.72 Å². The fourth-order valence-electron chi connectivity index (χ4n) is 4.51. The lowest BCUT2D eigenvalue weighted by molar-refractivity contribution is 0.326. The van der Waals surface area contributed by atoms with Gasteiger partial charge in [-0.05, 0) is 62.7 Å². The molecule has 162 valence electrons. The molecule has 0 aliphatic carbocycles. The quantitative estimate of drug-likeness (QED) is 0.479. The van der Waals surface area contributed by atoms with E-state index in [9.17, 15) is 8.42 Å². The van der Waals surface area contributed by atoms with Gasteiger partial charge in [0.05, 0.1) is 10.6 Å². The van der Waals surface area contributed by atoms with Gasteiger partial charge in [-0.15, -0.1) is 0 Å². The van der Waals surface area contributed by atoms with Gasteiger partial charge in [-0.2, -0.15) is 0 Å². The highest BCUT2D eigenvalue weighted by molar-refractivity contribution is 7.89. The summed E-state index contributed by atoms with van der Waals surface area (Å²) in [6.07, 6.45) is 4.51. The Morgan fingerprint density at radius 1 is 1.13 bits per heavy atom. The Balaban J connectivity index is 1.19. The van der Waals surface area contributed by atoms with Crippen LogP contribution in [0.1, 0.15) is 18.5 Å². The molecule has 0 amide bonds. The van der Waals surface area contributed by atoms with Crippen molar-refractivity contribution in [3.05, 3.63) is 60.4 Å². The van der Waals surface area contributed by atoms with E-state index in [4.69, 9.17) is 4.52 Å². The van der Waals surface area contributed by atoms with E-state index in [1.807, 2.05) is 54.2 Å². The van der Waals surface area contributed by atoms with Crippen molar-refractivity contribution in [2.75, 3.05) is 19.6 Å². The summed E-state index contributed by atoms with van der Waals surface area (Å²) in [5, 5.41) is 6.03. The number of fused-ring (bicyclic) bond motifs is 2. The first-order chi connectivity index (χ1) is 15.0. The number of hydrogen-bond donors (Lipinski definition) is 1. The maximum Gasteiger partial charge on any atom is 0.241 e. The smallest absolute Gasteiger partial charge is 0.241 e. The molecule has 3 heterocycles. The molecule has 8 heteroatoms. The molecule has 7 nitrogen and oxygen atoms in total. The molecule has 0 spiro atoms. The molecule has 1 N–H and O–H groups in total. The van der Waals surface area contributed by atoms with Crippen molar-refractivity contribution in [3.63, 3.8) is 0 Å². The molecule has 2 aromatic carbocycles. The fourth-order valence-corrected chi connectivity index (χ4v) is 5.99. The standard InChI is InChI=1S/C23H26N4O3S/c1-26-14-12-19-21(26)8-4-10-23(19)31(28,29)25-17-11-15-27(16-17)13-5-7-20-18-6-2-3-9-22(18)30-24-20/h2-4,6,8-10,12,14,17,25H,5,7,11,13,15-16H2,1H3/t17-/m0/s1. The Bertz CT molecular complexity index is 1330. The van der Waals surface area contributed by atoms with E-state index in [0.29, 0.717) is 4.90 Å². The van der Waals surface area contributed by atoms with Gasteiger partial charge >= 0.3 is 0 Å². The number of rotatable bonds is 7. The van der Waals surface area contributed by atoms with E-state index in [1.54, 1.807) is 12.1 Å². The molecule has 31 heavy (non-hydrogen) atoms. The van der Waals surface area contributed by atoms with E-state index >= 15 is 0 Å². The van der Waals surface area contributed by atoms with E-state index < -0.39 is 10.0 Å². The van der Waals surface area contributed by atoms with Crippen LogP contribution in [0, 0.1) is 0 Å². The molecule has 1 fully saturated rings. The summed E-state index contributed by atoms with van der Waals surface area (Å²) in [6, 6.07) is 15.1. The molecular weight excluding hydrogens is 412 g/mol. The molecule has 1 aliphatic heterocycles. The van der Waals surface area contributed by atoms with Crippen LogP contribution in [-0.4, -0.2) is 48.7 Å². The molecule has 1 aliphatic rings. The zero-order valence-electron chi connectivity index (χ0n) is 17.5. The van der Waals surface area contributed by atoms with Crippen LogP contribution in [-0.2, 0) is 23.5 Å². The molecule has 0 bridgehead atoms. The highest BCUT2D eigenvalue weighted by atomic mass is 32.2. The molecular formula is C23H26N4O3S. The molecule has 1 atom stereocenters. The first-order valence-electron chi connectivity index (χ1n) is 10.6. The van der Waals surface area contributed by atoms with Gasteiger partial charge in [-0.25, -0.2) is 13.1 Å². The van der Waals surface area contributed by atoms with Crippen molar-refractivity contribution >= 4 is 31.9 Å². The highest BCUT2D eigenvalue weighted by Gasteiger charge is 2.28. The number of hydrogen-bond acceptors (Lipinski definition) is 5. The van der Waals surface area contributed by atoms with Gasteiger partial charge in [0.1, 0.15) is 0 Å². The summed E-state index contributed by atoms with van der Waals surface area (Å²) in [5.74, 6) is 0. The second kappa shape index (κ2) is 8.11. The third-order valence-electron chi connectivity index (χ3n) is 6.11. The Labute approximate surface area is 181 Å². The zero-order valence-corrected chi connectivity index (χ0v) is 18.3. The first-order valence-corrected chi connectivity index (χ1v) is 12.1. The third-order valence-corrected chi connectivity index (χ3v) is 7.69. The van der Waals surface area contributed by atoms with Crippen molar-refractivity contribution in [2.45, 2.75) is 30.2 Å². The molecule has 0 unspecified atom stereocenters. The predicted molar refractivity (Wildman–Crippen MR) is 120 cm³/mol. The van der Waals surface area contributed by atoms with E-state index in [-0.39, 0.29) is 6.04 Å². The average Bonchev–Trinajstić information content (AvgIpc) is 3.47. The maximum absolute atomic E-state index is 13.1. The number of para-hydroxylation sites is 1. The van der Waals surface area contributed by atoms with Crippen LogP contribution in [0.5, 0.6) is 0 Å². The summed E-state index contributed by atoms with van der Waals surface area (Å²) in [4.78, 5) is 2.67. The Hall–Kier alpha value is -2.68. The molecule has 0 radical (unpaired) electrons. The summed E-state index contributed by atoms with van der Waals surface area (Å²) >= 11 is 0. The van der Waals surface area contributed by atoms with Crippen LogP contribution in [0.25, 0.3) is 21.9 Å². The van der Waals surface area contributed by atoms with Crippen LogP contribution in [0.2, 0.25) is 0 Å². The molecule has 0 saturated carbocycles. The summed E-state index contributed by atoms with van der Waals surface area (Å²) in [5.41, 5.74) is 2.72. The Kier molecular flexibility index (Phi) is 5.29. The number of aromatic nitrogens is 2. The summed E-state index contributed by atoms with van der Waals surface area (Å²) in [6.45, 7) is 2.53. The molecule has 1 saturated heterocycles. The third kappa shape index (κ3) is 3.98. The minimum absolute atomic E-state index is 0.0724. The molecule has 4 aromatic rings. The number of benzene rings is 2. The minimum atomic E-state index is -3.57. The normalized spacial score (nSPS) is 17.8. The number of sulfonamides is 1. The second-order valence-corrected chi connectivity index (χ2v) is 9.93. The van der Waals surface area contributed by atoms with Crippen molar-refractivity contribution in [3.8, 4) is 0 Å². The van der Waals surface area contributed by atoms with Gasteiger partial charge in [0.15, 0.2) is 5.58 Å². The van der Waals surface area contributed by atoms with Crippen molar-refractivity contribution in [1.29, 1.82) is 0 Å². The highest BCUT2D eigenvalue weighted by Crippen LogP contribution is 2.25. The van der Waals surface area contributed by atoms with Crippen LogP contribution in [0.15, 0.2) is 64.1 Å². The summed E-state index contributed by atoms with van der Waals surface area (Å²) in [7, 11) is -1.65. The van der Waals surface area contributed by atoms with Gasteiger partial charge in [-0.1, -0.05) is 23.4 Å². The molecule has 2 aromatic heterocycles. The largest absolute Gasteiger partial charge is 0.356 e. The average molecular weight is 439 g/mol. The lowest BCUT2D eigenvalue weighted by atomic mass is 10.1. The van der Waals surface area contributed by atoms with E-state index in [0.717, 1.165) is 66.5 Å². The Morgan fingerprint density at radius 3 is 2.90 bits per heavy atom. The van der Waals surface area contributed by atoms with Gasteiger partial charge in [-0.3, -0.25) is 0 Å². The Morgan fingerprint density at radius 2 is 2.00 bits per heavy atom. The summed E-state index contributed by atoms with van der Waals surface area (Å²) < 4.78 is 36.3. The number of aryl methyl sites for hydroxylation is 2. The number of nitrogens with one attached hydrogen (secondary N) is 1. The zero-order chi connectivity index (χ0) is 21.4. The predicted octanol–water partition coefficient (Wildman–Crippen LogP) is 3.30. The van der Waals surface area contributed by atoms with Crippen molar-refractivity contribution in [2.24, 2.45) is 7.05 Å². The first kappa shape index (κ1) is 20.2. The van der Waals surface area contributed by atoms with Gasteiger partial charge < -0.3 is 14.0 Å². The molecule has 5 rings (SSSR count). The number of likely N-dealkylation sites (tertiary alicyclic amines) is 1. The topological polar surface area (TPSA) is 80.4 Å². The number of nitrogens with zero attached hydrogens (tertiary/aromatic N) is 3. The SMILES string of the molecule is Cn1ccc2c(S(=O)(=O)N[C@H]3CCN(CCCc4noc5ccccc45)C3)cccc21. The van der Waals surface area contributed by atoms with Gasteiger partial charge in [0.2, 0.25) is 10.0 Å². The van der Waals surface area contributed by atoms with Crippen molar-refractivity contribution in [1.82, 2.24) is 19.3 Å². The monoisotopic (exact) mass is 438 g/mol. The minimum Gasteiger partial charge on any atom is -0.356 e. The lowest BCUT2D eigenvalue weighted by Gasteiger charge is -2.17. The van der Waals surface area contributed by atoms with E-state index in [2.05, 4.69) is 14.8 Å². The van der Waals surface area contributed by atoms with Crippen molar-refractivity contribution < 1.29 is 12.9 Å². The van der Waals surface area contributed by atoms with Gasteiger partial charge in [0.25, 0.3) is 0 Å². The van der Waals surface area contributed by atoms with Crippen LogP contribution in [0.3, 0.4) is 0 Å². The lowest BCUT2D eigenvalue weighted by Crippen LogP contribution is -2.37. The van der Waals surface area contributed by atoms with Gasteiger partial charge in [0, 0.05) is 42.1 Å². The second-order valence-electron chi connectivity index (χ2n) is 8.25.